The van der Waals surface area contributed by atoms with Crippen molar-refractivity contribution in [2.45, 2.75) is 34.2 Å². The molecule has 2 heterocycles. The molecule has 0 aromatic carbocycles. The molecule has 0 radical (unpaired) electrons. The van der Waals surface area contributed by atoms with Gasteiger partial charge in [0.1, 0.15) is 0 Å². The van der Waals surface area contributed by atoms with Crippen molar-refractivity contribution in [1.82, 2.24) is 20.1 Å². The molecule has 0 aliphatic heterocycles. The van der Waals surface area contributed by atoms with Crippen molar-refractivity contribution in [3.05, 3.63) is 39.8 Å². The topological polar surface area (TPSA) is 42.7 Å². The van der Waals surface area contributed by atoms with E-state index in [1.54, 1.807) is 0 Å². The average molecular weight is 279 g/mol. The quantitative estimate of drug-likeness (QED) is 0.935. The molecule has 102 valence electrons. The molecule has 0 amide bonds. The lowest BCUT2D eigenvalue weighted by atomic mass is 10.2. The average Bonchev–Trinajstić information content (AvgIpc) is 2.66. The minimum atomic E-state index is 0.668. The Balaban J connectivity index is 2.42. The molecule has 0 aliphatic rings. The molecule has 0 spiro atoms. The second-order valence-electron chi connectivity index (χ2n) is 4.59. The van der Waals surface area contributed by atoms with Crippen LogP contribution >= 0.6 is 11.6 Å². The highest BCUT2D eigenvalue weighted by Gasteiger charge is 2.11. The fourth-order valence-corrected chi connectivity index (χ4v) is 2.07. The van der Waals surface area contributed by atoms with Crippen LogP contribution < -0.4 is 5.32 Å². The van der Waals surface area contributed by atoms with E-state index in [1.807, 2.05) is 23.7 Å². The van der Waals surface area contributed by atoms with Crippen LogP contribution in [0.3, 0.4) is 0 Å². The minimum Gasteiger partial charge on any atom is -0.311 e. The van der Waals surface area contributed by atoms with Crippen molar-refractivity contribution < 1.29 is 0 Å². The predicted molar refractivity (Wildman–Crippen MR) is 78.0 cm³/mol. The zero-order valence-electron chi connectivity index (χ0n) is 11.8. The van der Waals surface area contributed by atoms with Crippen LogP contribution in [0.4, 0.5) is 0 Å². The van der Waals surface area contributed by atoms with Crippen molar-refractivity contribution in [2.24, 2.45) is 0 Å². The Kier molecular flexibility index (Phi) is 4.22. The third-order valence-electron chi connectivity index (χ3n) is 3.32. The first-order valence-corrected chi connectivity index (χ1v) is 6.81. The molecule has 19 heavy (non-hydrogen) atoms. The van der Waals surface area contributed by atoms with E-state index in [1.165, 1.54) is 5.56 Å². The monoisotopic (exact) mass is 278 g/mol. The SMILES string of the molecule is CCNCc1nc(-n2nc(C)c(C)c2C)ccc1Cl. The number of hydrogen-bond acceptors (Lipinski definition) is 3. The van der Waals surface area contributed by atoms with Gasteiger partial charge < -0.3 is 5.32 Å². The van der Waals surface area contributed by atoms with E-state index in [-0.39, 0.29) is 0 Å². The van der Waals surface area contributed by atoms with Crippen molar-refractivity contribution in [3.8, 4) is 5.82 Å². The first kappa shape index (κ1) is 14.0. The summed E-state index contributed by atoms with van der Waals surface area (Å²) in [6, 6.07) is 3.78. The van der Waals surface area contributed by atoms with E-state index in [9.17, 15) is 0 Å². The van der Waals surface area contributed by atoms with Gasteiger partial charge in [-0.1, -0.05) is 18.5 Å². The lowest BCUT2D eigenvalue weighted by molar-refractivity contribution is 0.702. The van der Waals surface area contributed by atoms with Crippen molar-refractivity contribution >= 4 is 11.6 Å². The summed E-state index contributed by atoms with van der Waals surface area (Å²) in [5.41, 5.74) is 4.19. The van der Waals surface area contributed by atoms with Gasteiger partial charge in [-0.05, 0) is 45.0 Å². The Hall–Kier alpha value is -1.39. The van der Waals surface area contributed by atoms with Gasteiger partial charge in [-0.15, -0.1) is 0 Å². The summed E-state index contributed by atoms with van der Waals surface area (Å²) in [5, 5.41) is 8.44. The molecule has 2 aromatic heterocycles. The van der Waals surface area contributed by atoms with E-state index in [0.717, 1.165) is 29.4 Å². The smallest absolute Gasteiger partial charge is 0.154 e. The standard InChI is InChI=1S/C14H19ClN4/c1-5-16-8-13-12(15)6-7-14(17-13)19-11(4)9(2)10(3)18-19/h6-7,16H,5,8H2,1-4H3. The fraction of sp³-hybridized carbons (Fsp3) is 0.429. The molecule has 1 N–H and O–H groups in total. The Morgan fingerprint density at radius 3 is 2.58 bits per heavy atom. The normalized spacial score (nSPS) is 11.0. The maximum absolute atomic E-state index is 6.16. The molecule has 2 aromatic rings. The maximum atomic E-state index is 6.16. The molecule has 2 rings (SSSR count). The Bertz CT molecular complexity index is 589. The van der Waals surface area contributed by atoms with Gasteiger partial charge in [-0.2, -0.15) is 5.10 Å². The number of nitrogens with zero attached hydrogens (tertiary/aromatic N) is 3. The van der Waals surface area contributed by atoms with Gasteiger partial charge >= 0.3 is 0 Å². The van der Waals surface area contributed by atoms with Crippen molar-refractivity contribution in [2.75, 3.05) is 6.54 Å². The van der Waals surface area contributed by atoms with Gasteiger partial charge in [0.2, 0.25) is 0 Å². The number of hydrogen-bond donors (Lipinski definition) is 1. The number of pyridine rings is 1. The minimum absolute atomic E-state index is 0.668. The highest BCUT2D eigenvalue weighted by molar-refractivity contribution is 6.31. The van der Waals surface area contributed by atoms with Crippen LogP contribution in [0, 0.1) is 20.8 Å². The van der Waals surface area contributed by atoms with Gasteiger partial charge in [0.25, 0.3) is 0 Å². The Morgan fingerprint density at radius 1 is 1.26 bits per heavy atom. The molecule has 0 saturated carbocycles. The first-order chi connectivity index (χ1) is 9.04. The number of aromatic nitrogens is 3. The van der Waals surface area contributed by atoms with Crippen molar-refractivity contribution in [3.63, 3.8) is 0 Å². The van der Waals surface area contributed by atoms with E-state index in [2.05, 4.69) is 36.2 Å². The van der Waals surface area contributed by atoms with E-state index < -0.39 is 0 Å². The molecule has 5 heteroatoms. The summed E-state index contributed by atoms with van der Waals surface area (Å²) in [6.45, 7) is 9.75. The van der Waals surface area contributed by atoms with Crippen LogP contribution in [-0.4, -0.2) is 21.3 Å². The van der Waals surface area contributed by atoms with Crippen LogP contribution in [0.2, 0.25) is 5.02 Å². The van der Waals surface area contributed by atoms with Gasteiger partial charge in [-0.25, -0.2) is 9.67 Å². The molecule has 0 unspecified atom stereocenters. The lowest BCUT2D eigenvalue weighted by Crippen LogP contribution is -2.14. The van der Waals surface area contributed by atoms with Crippen LogP contribution in [0.1, 0.15) is 29.6 Å². The molecule has 0 saturated heterocycles. The van der Waals surface area contributed by atoms with Crippen LogP contribution in [0.5, 0.6) is 0 Å². The highest BCUT2D eigenvalue weighted by Crippen LogP contribution is 2.19. The lowest BCUT2D eigenvalue weighted by Gasteiger charge is -2.08. The third kappa shape index (κ3) is 2.80. The molecular weight excluding hydrogens is 260 g/mol. The third-order valence-corrected chi connectivity index (χ3v) is 3.66. The van der Waals surface area contributed by atoms with Crippen molar-refractivity contribution in [1.29, 1.82) is 0 Å². The van der Waals surface area contributed by atoms with Gasteiger partial charge in [-0.3, -0.25) is 0 Å². The summed E-state index contributed by atoms with van der Waals surface area (Å²) < 4.78 is 1.87. The van der Waals surface area contributed by atoms with Crippen LogP contribution in [0.25, 0.3) is 5.82 Å². The zero-order chi connectivity index (χ0) is 14.0. The molecule has 0 bridgehead atoms. The van der Waals surface area contributed by atoms with Gasteiger partial charge in [0.05, 0.1) is 16.4 Å². The van der Waals surface area contributed by atoms with Gasteiger partial charge in [0, 0.05) is 12.2 Å². The molecule has 0 atom stereocenters. The maximum Gasteiger partial charge on any atom is 0.154 e. The van der Waals surface area contributed by atoms with Crippen LogP contribution in [-0.2, 0) is 6.54 Å². The Morgan fingerprint density at radius 2 is 2.00 bits per heavy atom. The van der Waals surface area contributed by atoms with Crippen LogP contribution in [0.15, 0.2) is 12.1 Å². The summed E-state index contributed by atoms with van der Waals surface area (Å²) >= 11 is 6.16. The summed E-state index contributed by atoms with van der Waals surface area (Å²) in [7, 11) is 0. The number of aryl methyl sites for hydroxylation is 1. The fourth-order valence-electron chi connectivity index (χ4n) is 1.90. The summed E-state index contributed by atoms with van der Waals surface area (Å²) in [4.78, 5) is 4.60. The van der Waals surface area contributed by atoms with E-state index >= 15 is 0 Å². The molecule has 0 fully saturated rings. The second kappa shape index (κ2) is 5.72. The number of halogens is 1. The molecule has 4 nitrogen and oxygen atoms in total. The summed E-state index contributed by atoms with van der Waals surface area (Å²) in [5.74, 6) is 0.811. The van der Waals surface area contributed by atoms with E-state index in [4.69, 9.17) is 11.6 Å². The largest absolute Gasteiger partial charge is 0.311 e. The molecule has 0 aliphatic carbocycles. The van der Waals surface area contributed by atoms with E-state index in [0.29, 0.717) is 11.6 Å². The Labute approximate surface area is 118 Å². The second-order valence-corrected chi connectivity index (χ2v) is 4.99. The number of rotatable bonds is 4. The number of nitrogens with one attached hydrogen (secondary N) is 1. The highest BCUT2D eigenvalue weighted by atomic mass is 35.5. The summed E-state index contributed by atoms with van der Waals surface area (Å²) in [6.07, 6.45) is 0. The van der Waals surface area contributed by atoms with Gasteiger partial charge in [0.15, 0.2) is 5.82 Å². The predicted octanol–water partition coefficient (Wildman–Crippen LogP) is 2.96. The molecular formula is C14H19ClN4. The first-order valence-electron chi connectivity index (χ1n) is 6.44. The zero-order valence-corrected chi connectivity index (χ0v) is 12.5.